The fraction of sp³-hybridized carbons (Fsp3) is 0.625. The molecule has 0 saturated carbocycles. The zero-order chi connectivity index (χ0) is 17.4. The minimum absolute atomic E-state index is 0.229. The van der Waals surface area contributed by atoms with Gasteiger partial charge in [0.05, 0.1) is 16.9 Å². The number of halogens is 2. The van der Waals surface area contributed by atoms with Crippen molar-refractivity contribution in [3.05, 3.63) is 22.0 Å². The summed E-state index contributed by atoms with van der Waals surface area (Å²) < 4.78 is 9.08. The predicted octanol–water partition coefficient (Wildman–Crippen LogP) is 5.82. The van der Waals surface area contributed by atoms with E-state index in [1.807, 2.05) is 10.7 Å². The van der Waals surface area contributed by atoms with Crippen LogP contribution in [0, 0.1) is 0 Å². The van der Waals surface area contributed by atoms with Gasteiger partial charge in [-0.1, -0.05) is 32.4 Å². The minimum atomic E-state index is -1.70. The van der Waals surface area contributed by atoms with Crippen LogP contribution in [0.5, 0.6) is 0 Å². The molecule has 2 rings (SSSR count). The second-order valence-electron chi connectivity index (χ2n) is 7.51. The maximum Gasteiger partial charge on any atom is 0.191 e. The van der Waals surface area contributed by atoms with Crippen LogP contribution in [0.4, 0.5) is 0 Å². The van der Waals surface area contributed by atoms with Crippen LogP contribution in [0.15, 0.2) is 16.9 Å². The normalized spacial score (nSPS) is 14.4. The molecule has 0 aliphatic carbocycles. The number of rotatable bonds is 5. The van der Waals surface area contributed by atoms with Crippen molar-refractivity contribution in [1.82, 2.24) is 14.8 Å². The van der Waals surface area contributed by atoms with E-state index in [0.717, 1.165) is 28.5 Å². The monoisotopic (exact) mass is 417 g/mol. The van der Waals surface area contributed by atoms with Gasteiger partial charge in [-0.3, -0.25) is 4.68 Å². The third-order valence-corrected chi connectivity index (χ3v) is 10.1. The molecule has 0 fully saturated rings. The molecule has 0 amide bonds. The first-order valence-corrected chi connectivity index (χ1v) is 11.9. The van der Waals surface area contributed by atoms with Gasteiger partial charge in [0, 0.05) is 18.9 Å². The van der Waals surface area contributed by atoms with Crippen molar-refractivity contribution in [2.45, 2.75) is 58.3 Å². The third kappa shape index (κ3) is 4.16. The Labute approximate surface area is 152 Å². The van der Waals surface area contributed by atoms with Crippen molar-refractivity contribution >= 4 is 46.8 Å². The Hall–Kier alpha value is -0.433. The SMILES string of the molecule is C[C@@H](CCO[Si](C)(C)C(C)(C)C)n1nc(Br)c2cnc(Cl)cc21. The van der Waals surface area contributed by atoms with Crippen LogP contribution >= 0.6 is 27.5 Å². The molecule has 0 aliphatic rings. The zero-order valence-corrected chi connectivity index (χ0v) is 18.0. The van der Waals surface area contributed by atoms with Gasteiger partial charge < -0.3 is 4.43 Å². The van der Waals surface area contributed by atoms with Gasteiger partial charge in [0.2, 0.25) is 0 Å². The Balaban J connectivity index is 2.10. The van der Waals surface area contributed by atoms with E-state index in [4.69, 9.17) is 16.0 Å². The highest BCUT2D eigenvalue weighted by molar-refractivity contribution is 9.10. The van der Waals surface area contributed by atoms with E-state index in [2.05, 4.69) is 66.8 Å². The van der Waals surface area contributed by atoms with Gasteiger partial charge in [0.15, 0.2) is 8.32 Å². The van der Waals surface area contributed by atoms with E-state index in [1.165, 1.54) is 0 Å². The fourth-order valence-corrected chi connectivity index (χ4v) is 3.82. The minimum Gasteiger partial charge on any atom is -0.417 e. The van der Waals surface area contributed by atoms with Crippen molar-refractivity contribution < 1.29 is 4.43 Å². The lowest BCUT2D eigenvalue weighted by atomic mass is 10.2. The number of hydrogen-bond donors (Lipinski definition) is 0. The largest absolute Gasteiger partial charge is 0.417 e. The highest BCUT2D eigenvalue weighted by Crippen LogP contribution is 2.37. The molecule has 1 atom stereocenters. The number of nitrogens with zero attached hydrogens (tertiary/aromatic N) is 3. The molecule has 0 aliphatic heterocycles. The van der Waals surface area contributed by atoms with Gasteiger partial charge >= 0.3 is 0 Å². The Bertz CT molecular complexity index is 696. The van der Waals surface area contributed by atoms with Crippen LogP contribution in [0.1, 0.15) is 40.2 Å². The molecule has 4 nitrogen and oxygen atoms in total. The molecular formula is C16H25BrClN3OSi. The van der Waals surface area contributed by atoms with E-state index in [-0.39, 0.29) is 11.1 Å². The Morgan fingerprint density at radius 2 is 2.04 bits per heavy atom. The average molecular weight is 419 g/mol. The van der Waals surface area contributed by atoms with Crippen LogP contribution in [0.25, 0.3) is 10.9 Å². The van der Waals surface area contributed by atoms with Crippen molar-refractivity contribution in [1.29, 1.82) is 0 Å². The van der Waals surface area contributed by atoms with Crippen LogP contribution < -0.4 is 0 Å². The molecule has 128 valence electrons. The van der Waals surface area contributed by atoms with Crippen LogP contribution in [-0.4, -0.2) is 29.7 Å². The summed E-state index contributed by atoms with van der Waals surface area (Å²) in [5.74, 6) is 0. The Morgan fingerprint density at radius 1 is 1.39 bits per heavy atom. The fourth-order valence-electron chi connectivity index (χ4n) is 2.13. The second kappa shape index (κ2) is 6.82. The Kier molecular flexibility index (Phi) is 5.61. The van der Waals surface area contributed by atoms with E-state index in [9.17, 15) is 0 Å². The van der Waals surface area contributed by atoms with Gasteiger partial charge in [0.25, 0.3) is 0 Å². The van der Waals surface area contributed by atoms with Crippen LogP contribution in [-0.2, 0) is 4.43 Å². The lowest BCUT2D eigenvalue weighted by Gasteiger charge is -2.36. The van der Waals surface area contributed by atoms with Crippen molar-refractivity contribution in [3.63, 3.8) is 0 Å². The lowest BCUT2D eigenvalue weighted by molar-refractivity contribution is 0.257. The highest BCUT2D eigenvalue weighted by atomic mass is 79.9. The zero-order valence-electron chi connectivity index (χ0n) is 14.7. The maximum atomic E-state index is 6.28. The van der Waals surface area contributed by atoms with Crippen LogP contribution in [0.2, 0.25) is 23.3 Å². The molecule has 0 unspecified atom stereocenters. The van der Waals surface area contributed by atoms with E-state index in [1.54, 1.807) is 6.20 Å². The lowest BCUT2D eigenvalue weighted by Crippen LogP contribution is -2.41. The summed E-state index contributed by atoms with van der Waals surface area (Å²) in [5, 5.41) is 6.28. The summed E-state index contributed by atoms with van der Waals surface area (Å²) in [6, 6.07) is 2.09. The average Bonchev–Trinajstić information content (AvgIpc) is 2.74. The molecule has 0 spiro atoms. The topological polar surface area (TPSA) is 39.9 Å². The van der Waals surface area contributed by atoms with E-state index in [0.29, 0.717) is 5.15 Å². The molecule has 0 saturated heterocycles. The number of fused-ring (bicyclic) bond motifs is 1. The summed E-state index contributed by atoms with van der Waals surface area (Å²) in [6.07, 6.45) is 2.67. The quantitative estimate of drug-likeness (QED) is 0.453. The first-order chi connectivity index (χ1) is 10.5. The van der Waals surface area contributed by atoms with Crippen molar-refractivity contribution in [2.24, 2.45) is 0 Å². The molecule has 0 bridgehead atoms. The number of aromatic nitrogens is 3. The highest BCUT2D eigenvalue weighted by Gasteiger charge is 2.37. The van der Waals surface area contributed by atoms with Gasteiger partial charge in [-0.15, -0.1) is 0 Å². The number of pyridine rings is 1. The van der Waals surface area contributed by atoms with Gasteiger partial charge in [-0.25, -0.2) is 4.98 Å². The predicted molar refractivity (Wildman–Crippen MR) is 103 cm³/mol. The molecular weight excluding hydrogens is 394 g/mol. The molecule has 0 N–H and O–H groups in total. The number of hydrogen-bond acceptors (Lipinski definition) is 3. The summed E-state index contributed by atoms with van der Waals surface area (Å²) in [4.78, 5) is 4.13. The van der Waals surface area contributed by atoms with Crippen LogP contribution in [0.3, 0.4) is 0 Å². The molecule has 7 heteroatoms. The molecule has 23 heavy (non-hydrogen) atoms. The van der Waals surface area contributed by atoms with Gasteiger partial charge in [-0.2, -0.15) is 5.10 Å². The summed E-state index contributed by atoms with van der Waals surface area (Å²) in [7, 11) is -1.70. The Morgan fingerprint density at radius 3 is 2.65 bits per heavy atom. The van der Waals surface area contributed by atoms with Crippen molar-refractivity contribution in [3.8, 4) is 0 Å². The standard InChI is InChI=1S/C16H25BrClN3OSi/c1-11(7-8-22-23(5,6)16(2,3)4)21-13-9-14(18)19-10-12(13)15(17)20-21/h9-11H,7-8H2,1-6H3/t11-/m0/s1. The maximum absolute atomic E-state index is 6.28. The smallest absolute Gasteiger partial charge is 0.191 e. The third-order valence-electron chi connectivity index (χ3n) is 4.74. The molecule has 0 aromatic carbocycles. The molecule has 2 aromatic rings. The first-order valence-electron chi connectivity index (χ1n) is 7.86. The summed E-state index contributed by atoms with van der Waals surface area (Å²) >= 11 is 9.53. The first kappa shape index (κ1) is 18.9. The second-order valence-corrected chi connectivity index (χ2v) is 13.5. The van der Waals surface area contributed by atoms with Gasteiger partial charge in [-0.05, 0) is 47.4 Å². The molecule has 2 aromatic heterocycles. The molecule has 2 heterocycles. The van der Waals surface area contributed by atoms with Gasteiger partial charge in [0.1, 0.15) is 9.76 Å². The van der Waals surface area contributed by atoms with Crippen molar-refractivity contribution in [2.75, 3.05) is 6.61 Å². The summed E-state index contributed by atoms with van der Waals surface area (Å²) in [5.41, 5.74) is 0.997. The van der Waals surface area contributed by atoms with E-state index >= 15 is 0 Å². The molecule has 0 radical (unpaired) electrons. The summed E-state index contributed by atoms with van der Waals surface area (Å²) in [6.45, 7) is 14.2. The van der Waals surface area contributed by atoms with E-state index < -0.39 is 8.32 Å².